The quantitative estimate of drug-likeness (QED) is 0.659. The van der Waals surface area contributed by atoms with E-state index in [1.807, 2.05) is 0 Å². The van der Waals surface area contributed by atoms with E-state index in [4.69, 9.17) is 0 Å². The van der Waals surface area contributed by atoms with Gasteiger partial charge in [-0.05, 0) is 24.5 Å². The molecule has 0 saturated carbocycles. The van der Waals surface area contributed by atoms with Crippen LogP contribution in [0.5, 0.6) is 0 Å². The lowest BCUT2D eigenvalue weighted by Gasteiger charge is -2.03. The Labute approximate surface area is 89.3 Å². The molecule has 0 radical (unpaired) electrons. The van der Waals surface area contributed by atoms with Crippen molar-refractivity contribution in [3.63, 3.8) is 0 Å². The van der Waals surface area contributed by atoms with Crippen LogP contribution in [0.15, 0.2) is 0 Å². The van der Waals surface area contributed by atoms with Gasteiger partial charge in [-0.3, -0.25) is 0 Å². The molecule has 0 amide bonds. The molecule has 14 heavy (non-hydrogen) atoms. The molecule has 1 aromatic rings. The minimum Gasteiger partial charge on any atom is -0.316 e. The summed E-state index contributed by atoms with van der Waals surface area (Å²) in [6.45, 7) is 8.16. The van der Waals surface area contributed by atoms with Gasteiger partial charge < -0.3 is 10.6 Å². The summed E-state index contributed by atoms with van der Waals surface area (Å²) in [6, 6.07) is 0. The van der Waals surface area contributed by atoms with Gasteiger partial charge in [0.15, 0.2) is 0 Å². The normalized spacial score (nSPS) is 10.7. The first kappa shape index (κ1) is 11.6. The van der Waals surface area contributed by atoms with E-state index in [0.717, 1.165) is 38.3 Å². The standard InChI is InChI=1S/C9H18N4S/c1-3-8-9(14-13-12-8)7-11-6-5-10-4-2/h10-11H,3-7H2,1-2H3. The second kappa shape index (κ2) is 6.86. The van der Waals surface area contributed by atoms with Crippen molar-refractivity contribution in [3.05, 3.63) is 10.6 Å². The molecule has 1 rings (SSSR count). The molecule has 0 unspecified atom stereocenters. The number of hydrogen-bond acceptors (Lipinski definition) is 5. The SMILES string of the molecule is CCNCCNCc1snnc1CC. The topological polar surface area (TPSA) is 49.8 Å². The molecule has 1 heterocycles. The van der Waals surface area contributed by atoms with Gasteiger partial charge in [-0.1, -0.05) is 18.3 Å². The maximum Gasteiger partial charge on any atom is 0.0797 e. The Hall–Kier alpha value is -0.520. The zero-order valence-corrected chi connectivity index (χ0v) is 9.65. The Balaban J connectivity index is 2.17. The van der Waals surface area contributed by atoms with Gasteiger partial charge in [-0.15, -0.1) is 5.10 Å². The van der Waals surface area contributed by atoms with Gasteiger partial charge >= 0.3 is 0 Å². The van der Waals surface area contributed by atoms with Gasteiger partial charge in [0.25, 0.3) is 0 Å². The molecule has 80 valence electrons. The van der Waals surface area contributed by atoms with E-state index < -0.39 is 0 Å². The molecule has 0 aliphatic carbocycles. The van der Waals surface area contributed by atoms with Crippen LogP contribution >= 0.6 is 11.5 Å². The molecule has 0 atom stereocenters. The fraction of sp³-hybridized carbons (Fsp3) is 0.778. The highest BCUT2D eigenvalue weighted by Crippen LogP contribution is 2.09. The number of aryl methyl sites for hydroxylation is 1. The van der Waals surface area contributed by atoms with Crippen molar-refractivity contribution in [1.82, 2.24) is 20.2 Å². The Morgan fingerprint density at radius 1 is 1.21 bits per heavy atom. The summed E-state index contributed by atoms with van der Waals surface area (Å²) in [4.78, 5) is 1.27. The Bertz CT molecular complexity index is 249. The monoisotopic (exact) mass is 214 g/mol. The van der Waals surface area contributed by atoms with Crippen molar-refractivity contribution in [2.24, 2.45) is 0 Å². The molecule has 0 saturated heterocycles. The average Bonchev–Trinajstić information content (AvgIpc) is 2.65. The number of nitrogens with zero attached hydrogens (tertiary/aromatic N) is 2. The molecular weight excluding hydrogens is 196 g/mol. The lowest BCUT2D eigenvalue weighted by molar-refractivity contribution is 0.626. The first-order chi connectivity index (χ1) is 6.88. The average molecular weight is 214 g/mol. The van der Waals surface area contributed by atoms with E-state index in [2.05, 4.69) is 34.1 Å². The predicted molar refractivity (Wildman–Crippen MR) is 59.5 cm³/mol. The van der Waals surface area contributed by atoms with Crippen molar-refractivity contribution in [1.29, 1.82) is 0 Å². The molecule has 0 aliphatic rings. The third-order valence-corrected chi connectivity index (χ3v) is 2.75. The maximum absolute atomic E-state index is 4.06. The first-order valence-electron chi connectivity index (χ1n) is 5.10. The molecule has 0 fully saturated rings. The summed E-state index contributed by atoms with van der Waals surface area (Å²) in [5, 5.41) is 10.7. The zero-order valence-electron chi connectivity index (χ0n) is 8.84. The Kier molecular flexibility index (Phi) is 5.66. The van der Waals surface area contributed by atoms with Gasteiger partial charge in [0.05, 0.1) is 10.6 Å². The number of nitrogens with one attached hydrogen (secondary N) is 2. The molecule has 2 N–H and O–H groups in total. The van der Waals surface area contributed by atoms with Crippen LogP contribution in [-0.2, 0) is 13.0 Å². The van der Waals surface area contributed by atoms with E-state index in [-0.39, 0.29) is 0 Å². The number of likely N-dealkylation sites (N-methyl/N-ethyl adjacent to an activating group) is 1. The molecule has 0 aromatic carbocycles. The van der Waals surface area contributed by atoms with E-state index in [9.17, 15) is 0 Å². The van der Waals surface area contributed by atoms with Crippen LogP contribution < -0.4 is 10.6 Å². The Morgan fingerprint density at radius 2 is 2.00 bits per heavy atom. The summed E-state index contributed by atoms with van der Waals surface area (Å²) in [5.41, 5.74) is 1.13. The minimum absolute atomic E-state index is 0.895. The van der Waals surface area contributed by atoms with E-state index in [1.165, 1.54) is 16.4 Å². The van der Waals surface area contributed by atoms with Gasteiger partial charge in [0, 0.05) is 19.6 Å². The largest absolute Gasteiger partial charge is 0.316 e. The molecule has 5 heteroatoms. The molecule has 0 aliphatic heterocycles. The van der Waals surface area contributed by atoms with Gasteiger partial charge in [-0.25, -0.2) is 0 Å². The highest BCUT2D eigenvalue weighted by molar-refractivity contribution is 7.05. The summed E-state index contributed by atoms with van der Waals surface area (Å²) < 4.78 is 3.94. The lowest BCUT2D eigenvalue weighted by Crippen LogP contribution is -2.26. The van der Waals surface area contributed by atoms with Crippen LogP contribution in [0.1, 0.15) is 24.4 Å². The van der Waals surface area contributed by atoms with Crippen molar-refractivity contribution in [2.75, 3.05) is 19.6 Å². The van der Waals surface area contributed by atoms with Gasteiger partial charge in [0.1, 0.15) is 0 Å². The second-order valence-corrected chi connectivity index (χ2v) is 3.87. The Morgan fingerprint density at radius 3 is 2.71 bits per heavy atom. The number of rotatable bonds is 7. The van der Waals surface area contributed by atoms with Gasteiger partial charge in [-0.2, -0.15) is 0 Å². The van der Waals surface area contributed by atoms with Crippen LogP contribution in [0, 0.1) is 0 Å². The predicted octanol–water partition coefficient (Wildman–Crippen LogP) is 0.800. The molecule has 4 nitrogen and oxygen atoms in total. The van der Waals surface area contributed by atoms with E-state index >= 15 is 0 Å². The molecule has 1 aromatic heterocycles. The van der Waals surface area contributed by atoms with Crippen LogP contribution in [0.3, 0.4) is 0 Å². The second-order valence-electron chi connectivity index (χ2n) is 3.03. The van der Waals surface area contributed by atoms with Crippen molar-refractivity contribution < 1.29 is 0 Å². The van der Waals surface area contributed by atoms with Crippen LogP contribution in [0.4, 0.5) is 0 Å². The molecule has 0 spiro atoms. The van der Waals surface area contributed by atoms with Gasteiger partial charge in [0.2, 0.25) is 0 Å². The third-order valence-electron chi connectivity index (χ3n) is 1.98. The highest BCUT2D eigenvalue weighted by atomic mass is 32.1. The smallest absolute Gasteiger partial charge is 0.0797 e. The fourth-order valence-corrected chi connectivity index (χ4v) is 1.88. The summed E-state index contributed by atoms with van der Waals surface area (Å²) in [5.74, 6) is 0. The molecular formula is C9H18N4S. The summed E-state index contributed by atoms with van der Waals surface area (Å²) in [7, 11) is 0. The minimum atomic E-state index is 0.895. The highest BCUT2D eigenvalue weighted by Gasteiger charge is 2.04. The van der Waals surface area contributed by atoms with Crippen molar-refractivity contribution >= 4 is 11.5 Å². The number of hydrogen-bond donors (Lipinski definition) is 2. The third kappa shape index (κ3) is 3.69. The zero-order chi connectivity index (χ0) is 10.2. The van der Waals surface area contributed by atoms with Crippen molar-refractivity contribution in [3.8, 4) is 0 Å². The number of aromatic nitrogens is 2. The van der Waals surface area contributed by atoms with E-state index in [0.29, 0.717) is 0 Å². The first-order valence-corrected chi connectivity index (χ1v) is 5.87. The van der Waals surface area contributed by atoms with Crippen LogP contribution in [0.2, 0.25) is 0 Å². The molecule has 0 bridgehead atoms. The van der Waals surface area contributed by atoms with E-state index in [1.54, 1.807) is 0 Å². The maximum atomic E-state index is 4.06. The van der Waals surface area contributed by atoms with Crippen LogP contribution in [0.25, 0.3) is 0 Å². The summed E-state index contributed by atoms with van der Waals surface area (Å²) >= 11 is 1.49. The van der Waals surface area contributed by atoms with Crippen LogP contribution in [-0.4, -0.2) is 29.2 Å². The summed E-state index contributed by atoms with van der Waals surface area (Å²) in [6.07, 6.45) is 0.973. The fourth-order valence-electron chi connectivity index (χ4n) is 1.19. The van der Waals surface area contributed by atoms with Crippen molar-refractivity contribution in [2.45, 2.75) is 26.8 Å². The lowest BCUT2D eigenvalue weighted by atomic mass is 10.3.